The lowest BCUT2D eigenvalue weighted by Gasteiger charge is -2.11. The van der Waals surface area contributed by atoms with E-state index < -0.39 is 22.1 Å². The third-order valence-electron chi connectivity index (χ3n) is 2.57. The van der Waals surface area contributed by atoms with Crippen LogP contribution >= 0.6 is 0 Å². The van der Waals surface area contributed by atoms with Crippen LogP contribution in [0.15, 0.2) is 12.1 Å². The number of benzene rings is 1. The van der Waals surface area contributed by atoms with E-state index in [-0.39, 0.29) is 30.4 Å². The third kappa shape index (κ3) is 4.06. The smallest absolute Gasteiger partial charge is 0.342 e. The van der Waals surface area contributed by atoms with E-state index in [2.05, 4.69) is 5.32 Å². The first-order valence-corrected chi connectivity index (χ1v) is 5.83. The Morgan fingerprint density at radius 1 is 1.38 bits per heavy atom. The van der Waals surface area contributed by atoms with Gasteiger partial charge in [-0.1, -0.05) is 0 Å². The Bertz CT molecular complexity index is 571. The largest absolute Gasteiger partial charge is 0.493 e. The lowest BCUT2D eigenvalue weighted by atomic mass is 10.1. The number of nitro benzene ring substituents is 1. The Kier molecular flexibility index (Phi) is 5.47. The predicted molar refractivity (Wildman–Crippen MR) is 70.8 cm³/mol. The molecule has 0 fully saturated rings. The van der Waals surface area contributed by atoms with Gasteiger partial charge >= 0.3 is 5.97 Å². The monoisotopic (exact) mass is 298 g/mol. The Hall–Kier alpha value is -2.84. The maximum atomic E-state index is 11.1. The highest BCUT2D eigenvalue weighted by Crippen LogP contribution is 2.34. The van der Waals surface area contributed by atoms with Gasteiger partial charge in [-0.05, 0) is 0 Å². The van der Waals surface area contributed by atoms with E-state index in [1.807, 2.05) is 0 Å². The van der Waals surface area contributed by atoms with Crippen LogP contribution in [-0.2, 0) is 4.79 Å². The highest BCUT2D eigenvalue weighted by atomic mass is 16.6. The number of carbonyl (C=O) groups is 2. The number of hydrogen-bond donors (Lipinski definition) is 2. The van der Waals surface area contributed by atoms with Gasteiger partial charge in [0.05, 0.1) is 31.1 Å². The lowest BCUT2D eigenvalue weighted by molar-refractivity contribution is -0.385. The van der Waals surface area contributed by atoms with Crippen molar-refractivity contribution in [3.8, 4) is 11.5 Å². The molecule has 0 aromatic heterocycles. The summed E-state index contributed by atoms with van der Waals surface area (Å²) in [4.78, 5) is 32.1. The number of rotatable bonds is 7. The highest BCUT2D eigenvalue weighted by Gasteiger charge is 2.24. The molecule has 1 rings (SSSR count). The Balaban J connectivity index is 3.07. The summed E-state index contributed by atoms with van der Waals surface area (Å²) < 4.78 is 10.2. The van der Waals surface area contributed by atoms with Gasteiger partial charge in [-0.25, -0.2) is 4.79 Å². The van der Waals surface area contributed by atoms with Gasteiger partial charge in [-0.3, -0.25) is 14.9 Å². The van der Waals surface area contributed by atoms with Crippen molar-refractivity contribution in [2.24, 2.45) is 0 Å². The average Bonchev–Trinajstić information content (AvgIpc) is 2.45. The Morgan fingerprint density at radius 2 is 2.05 bits per heavy atom. The van der Waals surface area contributed by atoms with Crippen LogP contribution in [0.3, 0.4) is 0 Å². The number of nitrogens with one attached hydrogen (secondary N) is 1. The quantitative estimate of drug-likeness (QED) is 0.563. The minimum absolute atomic E-state index is 0.00176. The summed E-state index contributed by atoms with van der Waals surface area (Å²) in [6.07, 6.45) is 0.0497. The van der Waals surface area contributed by atoms with Gasteiger partial charge in [0.1, 0.15) is 5.56 Å². The SMILES string of the molecule is CNC(=O)CCOc1cc([N+](=O)[O-])c(C(=O)O)cc1OC. The first-order valence-electron chi connectivity index (χ1n) is 5.83. The lowest BCUT2D eigenvalue weighted by Crippen LogP contribution is -2.20. The number of hydrogen-bond acceptors (Lipinski definition) is 6. The molecule has 0 bridgehead atoms. The molecule has 0 saturated heterocycles. The number of carboxylic acids is 1. The molecule has 0 heterocycles. The molecular weight excluding hydrogens is 284 g/mol. The summed E-state index contributed by atoms with van der Waals surface area (Å²) in [7, 11) is 2.74. The van der Waals surface area contributed by atoms with E-state index in [0.29, 0.717) is 0 Å². The molecule has 0 spiro atoms. The molecule has 0 atom stereocenters. The van der Waals surface area contributed by atoms with Crippen molar-refractivity contribution in [3.05, 3.63) is 27.8 Å². The number of nitro groups is 1. The zero-order chi connectivity index (χ0) is 16.0. The van der Waals surface area contributed by atoms with Crippen LogP contribution in [0.5, 0.6) is 11.5 Å². The molecule has 0 aliphatic carbocycles. The van der Waals surface area contributed by atoms with Crippen LogP contribution in [0.25, 0.3) is 0 Å². The topological polar surface area (TPSA) is 128 Å². The fourth-order valence-corrected chi connectivity index (χ4v) is 1.52. The van der Waals surface area contributed by atoms with Crippen LogP contribution in [0.1, 0.15) is 16.8 Å². The van der Waals surface area contributed by atoms with E-state index in [0.717, 1.165) is 12.1 Å². The molecule has 0 unspecified atom stereocenters. The van der Waals surface area contributed by atoms with Gasteiger partial charge in [0, 0.05) is 13.1 Å². The maximum Gasteiger partial charge on any atom is 0.342 e. The molecule has 0 aliphatic heterocycles. The van der Waals surface area contributed by atoms with Crippen LogP contribution in [0.2, 0.25) is 0 Å². The molecule has 9 nitrogen and oxygen atoms in total. The van der Waals surface area contributed by atoms with Crippen LogP contribution < -0.4 is 14.8 Å². The molecule has 2 N–H and O–H groups in total. The van der Waals surface area contributed by atoms with E-state index >= 15 is 0 Å². The van der Waals surface area contributed by atoms with E-state index in [4.69, 9.17) is 14.6 Å². The summed E-state index contributed by atoms with van der Waals surface area (Å²) >= 11 is 0. The normalized spacial score (nSPS) is 9.81. The molecule has 0 aliphatic rings. The number of ether oxygens (including phenoxy) is 2. The molecule has 1 aromatic carbocycles. The summed E-state index contributed by atoms with van der Waals surface area (Å²) in [6.45, 7) is -0.0282. The van der Waals surface area contributed by atoms with Crippen LogP contribution in [-0.4, -0.2) is 42.7 Å². The van der Waals surface area contributed by atoms with Gasteiger partial charge in [-0.15, -0.1) is 0 Å². The molecule has 21 heavy (non-hydrogen) atoms. The maximum absolute atomic E-state index is 11.1. The van der Waals surface area contributed by atoms with Crippen LogP contribution in [0.4, 0.5) is 5.69 Å². The first kappa shape index (κ1) is 16.2. The van der Waals surface area contributed by atoms with E-state index in [1.165, 1.54) is 14.2 Å². The number of amides is 1. The molecule has 1 amide bonds. The predicted octanol–water partition coefficient (Wildman–Crippen LogP) is 0.816. The summed E-state index contributed by atoms with van der Waals surface area (Å²) in [5, 5.41) is 22.2. The average molecular weight is 298 g/mol. The van der Waals surface area contributed by atoms with Crippen molar-refractivity contribution in [2.75, 3.05) is 20.8 Å². The molecule has 0 saturated carbocycles. The van der Waals surface area contributed by atoms with Gasteiger partial charge in [0.25, 0.3) is 5.69 Å². The van der Waals surface area contributed by atoms with E-state index in [1.54, 1.807) is 0 Å². The van der Waals surface area contributed by atoms with Crippen LogP contribution in [0, 0.1) is 10.1 Å². The van der Waals surface area contributed by atoms with Gasteiger partial charge in [0.15, 0.2) is 11.5 Å². The fourth-order valence-electron chi connectivity index (χ4n) is 1.52. The zero-order valence-corrected chi connectivity index (χ0v) is 11.4. The second-order valence-corrected chi connectivity index (χ2v) is 3.85. The zero-order valence-electron chi connectivity index (χ0n) is 11.4. The van der Waals surface area contributed by atoms with Gasteiger partial charge in [0.2, 0.25) is 5.91 Å². The van der Waals surface area contributed by atoms with Gasteiger partial charge in [-0.2, -0.15) is 0 Å². The second-order valence-electron chi connectivity index (χ2n) is 3.85. The van der Waals surface area contributed by atoms with Crippen molar-refractivity contribution in [3.63, 3.8) is 0 Å². The second kappa shape index (κ2) is 7.08. The Labute approximate surface area is 119 Å². The van der Waals surface area contributed by atoms with Crippen molar-refractivity contribution in [2.45, 2.75) is 6.42 Å². The summed E-state index contributed by atoms with van der Waals surface area (Å²) in [5.74, 6) is -1.67. The number of aromatic carboxylic acids is 1. The van der Waals surface area contributed by atoms with Crippen molar-refractivity contribution >= 4 is 17.6 Å². The van der Waals surface area contributed by atoms with Crippen molar-refractivity contribution in [1.29, 1.82) is 0 Å². The van der Waals surface area contributed by atoms with Gasteiger partial charge < -0.3 is 19.9 Å². The molecule has 1 aromatic rings. The van der Waals surface area contributed by atoms with Crippen molar-refractivity contribution in [1.82, 2.24) is 5.32 Å². The number of carbonyl (C=O) groups excluding carboxylic acids is 1. The van der Waals surface area contributed by atoms with Crippen molar-refractivity contribution < 1.29 is 29.1 Å². The fraction of sp³-hybridized carbons (Fsp3) is 0.333. The summed E-state index contributed by atoms with van der Waals surface area (Å²) in [5.41, 5.74) is -1.12. The standard InChI is InChI=1S/C12H14N2O7/c1-13-11(15)3-4-21-10-6-8(14(18)19)7(12(16)17)5-9(10)20-2/h5-6H,3-4H2,1-2H3,(H,13,15)(H,16,17). The Morgan fingerprint density at radius 3 is 2.52 bits per heavy atom. The minimum Gasteiger partial charge on any atom is -0.493 e. The third-order valence-corrected chi connectivity index (χ3v) is 2.57. The van der Waals surface area contributed by atoms with E-state index in [9.17, 15) is 19.7 Å². The first-order chi connectivity index (χ1) is 9.90. The number of carboxylic acid groups (broad SMARTS) is 1. The molecular formula is C12H14N2O7. The highest BCUT2D eigenvalue weighted by molar-refractivity contribution is 5.93. The number of nitrogens with zero attached hydrogens (tertiary/aromatic N) is 1. The molecule has 114 valence electrons. The number of methoxy groups -OCH3 is 1. The minimum atomic E-state index is -1.45. The molecule has 0 radical (unpaired) electrons. The molecule has 9 heteroatoms. The summed E-state index contributed by atoms with van der Waals surface area (Å²) in [6, 6.07) is 1.97.